The zero-order chi connectivity index (χ0) is 40.3. The molecule has 0 radical (unpaired) electrons. The van der Waals surface area contributed by atoms with Crippen molar-refractivity contribution >= 4 is 81.1 Å². The number of hydrogen-bond donors (Lipinski definition) is 0. The van der Waals surface area contributed by atoms with Crippen LogP contribution in [0.25, 0.3) is 91.8 Å². The molecular weight excluding hydrogens is 757 g/mol. The zero-order valence-electron chi connectivity index (χ0n) is 33.2. The van der Waals surface area contributed by atoms with Crippen molar-refractivity contribution in [1.29, 1.82) is 0 Å². The van der Waals surface area contributed by atoms with Crippen molar-refractivity contribution < 1.29 is 0 Å². The number of rotatable bonds is 7. The molecule has 0 bridgehead atoms. The van der Waals surface area contributed by atoms with E-state index in [0.717, 1.165) is 22.7 Å². The lowest BCUT2D eigenvalue weighted by molar-refractivity contribution is 1.15. The molecule has 286 valence electrons. The second-order valence-corrected chi connectivity index (χ2v) is 16.8. The molecule has 0 aliphatic rings. The van der Waals surface area contributed by atoms with Gasteiger partial charge in [0, 0.05) is 42.2 Å². The third kappa shape index (κ3) is 6.01. The highest BCUT2D eigenvalue weighted by Gasteiger charge is 2.23. The Morgan fingerprint density at radius 2 is 0.902 bits per heavy atom. The van der Waals surface area contributed by atoms with Gasteiger partial charge in [0.05, 0.1) is 28.1 Å². The fourth-order valence-corrected chi connectivity index (χ4v) is 10.4. The van der Waals surface area contributed by atoms with Crippen molar-refractivity contribution in [3.8, 4) is 39.1 Å². The van der Waals surface area contributed by atoms with Crippen molar-refractivity contribution in [3.05, 3.63) is 231 Å². The zero-order valence-corrected chi connectivity index (χ0v) is 34.1. The molecule has 2 heterocycles. The molecular formula is C58H38N2S. The van der Waals surface area contributed by atoms with E-state index in [1.165, 1.54) is 86.1 Å². The summed E-state index contributed by atoms with van der Waals surface area (Å²) in [6.07, 6.45) is 0. The monoisotopic (exact) mass is 794 g/mol. The number of fused-ring (bicyclic) bond motifs is 7. The van der Waals surface area contributed by atoms with Gasteiger partial charge in [0.1, 0.15) is 0 Å². The average molecular weight is 795 g/mol. The molecule has 0 amide bonds. The molecule has 12 rings (SSSR count). The van der Waals surface area contributed by atoms with E-state index in [2.05, 4.69) is 240 Å². The lowest BCUT2D eigenvalue weighted by atomic mass is 9.97. The van der Waals surface area contributed by atoms with Gasteiger partial charge in [-0.3, -0.25) is 0 Å². The van der Waals surface area contributed by atoms with E-state index < -0.39 is 0 Å². The van der Waals surface area contributed by atoms with Crippen LogP contribution in [0.15, 0.2) is 231 Å². The Bertz CT molecular complexity index is 3560. The van der Waals surface area contributed by atoms with Gasteiger partial charge in [0.25, 0.3) is 0 Å². The summed E-state index contributed by atoms with van der Waals surface area (Å²) in [6.45, 7) is 0. The van der Waals surface area contributed by atoms with E-state index in [1.54, 1.807) is 0 Å². The Labute approximate surface area is 358 Å². The van der Waals surface area contributed by atoms with Crippen LogP contribution in [0.4, 0.5) is 17.1 Å². The third-order valence-corrected chi connectivity index (χ3v) is 13.3. The number of benzene rings is 10. The Morgan fingerprint density at radius 3 is 1.70 bits per heavy atom. The van der Waals surface area contributed by atoms with E-state index in [4.69, 9.17) is 0 Å². The van der Waals surface area contributed by atoms with Crippen molar-refractivity contribution in [1.82, 2.24) is 4.57 Å². The minimum absolute atomic E-state index is 1.08. The van der Waals surface area contributed by atoms with Gasteiger partial charge >= 0.3 is 0 Å². The predicted octanol–water partition coefficient (Wildman–Crippen LogP) is 16.8. The molecule has 0 aliphatic carbocycles. The number of aromatic nitrogens is 1. The summed E-state index contributed by atoms with van der Waals surface area (Å²) in [5, 5.41) is 7.60. The second-order valence-electron chi connectivity index (χ2n) is 15.7. The molecule has 2 nitrogen and oxygen atoms in total. The van der Waals surface area contributed by atoms with Gasteiger partial charge in [0.15, 0.2) is 0 Å². The van der Waals surface area contributed by atoms with Crippen LogP contribution in [-0.2, 0) is 0 Å². The lowest BCUT2D eigenvalue weighted by Gasteiger charge is -2.30. The third-order valence-electron chi connectivity index (χ3n) is 12.2. The maximum atomic E-state index is 2.46. The first kappa shape index (κ1) is 35.2. The molecule has 3 heteroatoms. The number of para-hydroxylation sites is 5. The van der Waals surface area contributed by atoms with Crippen LogP contribution < -0.4 is 4.90 Å². The Balaban J connectivity index is 1.03. The molecule has 0 unspecified atom stereocenters. The smallest absolute Gasteiger partial charge is 0.0702 e. The van der Waals surface area contributed by atoms with Gasteiger partial charge < -0.3 is 9.47 Å². The molecule has 61 heavy (non-hydrogen) atoms. The van der Waals surface area contributed by atoms with Crippen LogP contribution in [0.5, 0.6) is 0 Å². The predicted molar refractivity (Wildman–Crippen MR) is 262 cm³/mol. The first-order valence-electron chi connectivity index (χ1n) is 20.8. The molecule has 0 saturated carbocycles. The number of thiophene rings is 1. The number of nitrogens with zero attached hydrogens (tertiary/aromatic N) is 2. The Kier molecular flexibility index (Phi) is 8.39. The van der Waals surface area contributed by atoms with Gasteiger partial charge in [-0.25, -0.2) is 0 Å². The van der Waals surface area contributed by atoms with E-state index in [1.807, 2.05) is 11.3 Å². The quantitative estimate of drug-likeness (QED) is 0.156. The summed E-state index contributed by atoms with van der Waals surface area (Å²) >= 11 is 1.86. The molecule has 0 N–H and O–H groups in total. The van der Waals surface area contributed by atoms with Crippen molar-refractivity contribution in [3.63, 3.8) is 0 Å². The topological polar surface area (TPSA) is 8.17 Å². The fourth-order valence-electron chi connectivity index (χ4n) is 9.29. The summed E-state index contributed by atoms with van der Waals surface area (Å²) in [4.78, 5) is 2.46. The fraction of sp³-hybridized carbons (Fsp3) is 0. The highest BCUT2D eigenvalue weighted by Crippen LogP contribution is 2.46. The summed E-state index contributed by atoms with van der Waals surface area (Å²) in [7, 11) is 0. The van der Waals surface area contributed by atoms with Crippen LogP contribution in [0.3, 0.4) is 0 Å². The highest BCUT2D eigenvalue weighted by molar-refractivity contribution is 7.25. The standard InChI is InChI=1S/C58H38N2S/c1-2-15-41-37-44(29-28-39(41)14-1)43-17-13-16-42(36-43)40-30-33-46(34-31-40)59(52-22-7-3-18-47(52)45-32-35-51-50-21-6-12-27-57(50)61-58(51)38-45)55-25-10-11-26-56(55)60-53-23-8-4-19-48(53)49-20-5-9-24-54(49)60/h1-38H. The maximum Gasteiger partial charge on any atom is 0.0702 e. The van der Waals surface area contributed by atoms with Gasteiger partial charge in [0.2, 0.25) is 0 Å². The van der Waals surface area contributed by atoms with Crippen molar-refractivity contribution in [2.75, 3.05) is 4.90 Å². The SMILES string of the molecule is c1cc(-c2ccc(N(c3ccccc3-c3ccc4c(c3)sc3ccccc34)c3ccccc3-n3c4ccccc4c4ccccc43)cc2)cc(-c2ccc3ccccc3c2)c1. The van der Waals surface area contributed by atoms with Crippen LogP contribution in [0.2, 0.25) is 0 Å². The van der Waals surface area contributed by atoms with Crippen LogP contribution in [0, 0.1) is 0 Å². The summed E-state index contributed by atoms with van der Waals surface area (Å²) in [6, 6.07) is 84.3. The summed E-state index contributed by atoms with van der Waals surface area (Å²) in [5.41, 5.74) is 13.9. The number of anilines is 3. The van der Waals surface area contributed by atoms with E-state index in [9.17, 15) is 0 Å². The first-order valence-corrected chi connectivity index (χ1v) is 21.6. The van der Waals surface area contributed by atoms with Gasteiger partial charge in [-0.05, 0) is 105 Å². The van der Waals surface area contributed by atoms with Crippen molar-refractivity contribution in [2.45, 2.75) is 0 Å². The highest BCUT2D eigenvalue weighted by atomic mass is 32.1. The molecule has 0 saturated heterocycles. The first-order chi connectivity index (χ1) is 30.2. The molecule has 12 aromatic rings. The number of hydrogen-bond acceptors (Lipinski definition) is 2. The summed E-state index contributed by atoms with van der Waals surface area (Å²) in [5.74, 6) is 0. The largest absolute Gasteiger partial charge is 0.308 e. The van der Waals surface area contributed by atoms with Gasteiger partial charge in [-0.2, -0.15) is 0 Å². The van der Waals surface area contributed by atoms with Crippen LogP contribution in [0.1, 0.15) is 0 Å². The maximum absolute atomic E-state index is 2.46. The second kappa shape index (κ2) is 14.5. The molecule has 0 fully saturated rings. The van der Waals surface area contributed by atoms with Crippen LogP contribution >= 0.6 is 11.3 Å². The van der Waals surface area contributed by atoms with E-state index in [0.29, 0.717) is 0 Å². The minimum atomic E-state index is 1.08. The molecule has 0 atom stereocenters. The minimum Gasteiger partial charge on any atom is -0.308 e. The molecule has 0 spiro atoms. The van der Waals surface area contributed by atoms with Crippen molar-refractivity contribution in [2.24, 2.45) is 0 Å². The molecule has 10 aromatic carbocycles. The normalized spacial score (nSPS) is 11.6. The Morgan fingerprint density at radius 1 is 0.328 bits per heavy atom. The van der Waals surface area contributed by atoms with Gasteiger partial charge in [-0.15, -0.1) is 11.3 Å². The summed E-state index contributed by atoms with van der Waals surface area (Å²) < 4.78 is 5.04. The molecule has 0 aliphatic heterocycles. The average Bonchev–Trinajstić information content (AvgIpc) is 3.87. The van der Waals surface area contributed by atoms with Crippen LogP contribution in [-0.4, -0.2) is 4.57 Å². The van der Waals surface area contributed by atoms with E-state index in [-0.39, 0.29) is 0 Å². The molecule has 2 aromatic heterocycles. The lowest BCUT2D eigenvalue weighted by Crippen LogP contribution is -2.14. The van der Waals surface area contributed by atoms with E-state index >= 15 is 0 Å². The Hall–Kier alpha value is -7.72. The van der Waals surface area contributed by atoms with Gasteiger partial charge in [-0.1, -0.05) is 164 Å².